The lowest BCUT2D eigenvalue weighted by molar-refractivity contribution is -0.129. The van der Waals surface area contributed by atoms with E-state index < -0.39 is 0 Å². The summed E-state index contributed by atoms with van der Waals surface area (Å²) in [7, 11) is 0. The first-order valence-electron chi connectivity index (χ1n) is 10.4. The second-order valence-electron chi connectivity index (χ2n) is 8.12. The maximum atomic E-state index is 11.4. The number of carbonyl (C=O) groups is 1. The number of likely N-dealkylation sites (tertiary alicyclic amines) is 1. The van der Waals surface area contributed by atoms with E-state index in [-0.39, 0.29) is 5.91 Å². The van der Waals surface area contributed by atoms with Crippen LogP contribution in [0.1, 0.15) is 36.5 Å². The topological polar surface area (TPSA) is 61.0 Å². The number of nitrogens with one attached hydrogen (secondary N) is 2. The Morgan fingerprint density at radius 2 is 1.90 bits per heavy atom. The van der Waals surface area contributed by atoms with Crippen LogP contribution in [0.5, 0.6) is 0 Å². The standard InChI is InChI=1S/C24H26N4O/c1-16(29)28-12-10-20(11-13-28)25-15-17-6-8-18(9-7-17)23-22-14-19-4-2-3-5-21(19)24(22)27-26-23/h2-9,20,25H,10-15H2,1H3,(H,26,27). The van der Waals surface area contributed by atoms with Crippen molar-refractivity contribution in [3.63, 3.8) is 0 Å². The van der Waals surface area contributed by atoms with E-state index >= 15 is 0 Å². The molecule has 2 aromatic carbocycles. The molecule has 0 saturated carbocycles. The van der Waals surface area contributed by atoms with Gasteiger partial charge in [-0.05, 0) is 24.0 Å². The van der Waals surface area contributed by atoms with Gasteiger partial charge in [-0.25, -0.2) is 0 Å². The zero-order chi connectivity index (χ0) is 19.8. The van der Waals surface area contributed by atoms with Crippen molar-refractivity contribution in [3.05, 3.63) is 65.2 Å². The van der Waals surface area contributed by atoms with Gasteiger partial charge in [-0.3, -0.25) is 9.89 Å². The lowest BCUT2D eigenvalue weighted by atomic mass is 10.0. The van der Waals surface area contributed by atoms with Crippen LogP contribution in [0.3, 0.4) is 0 Å². The Bertz CT molecular complexity index is 1030. The Morgan fingerprint density at radius 3 is 2.66 bits per heavy atom. The molecule has 0 atom stereocenters. The molecule has 148 valence electrons. The Labute approximate surface area is 171 Å². The quantitative estimate of drug-likeness (QED) is 0.562. The normalized spacial score (nSPS) is 16.0. The largest absolute Gasteiger partial charge is 0.343 e. The Balaban J connectivity index is 1.23. The van der Waals surface area contributed by atoms with Crippen LogP contribution in [-0.4, -0.2) is 40.1 Å². The monoisotopic (exact) mass is 386 g/mol. The average Bonchev–Trinajstić information content (AvgIpc) is 3.32. The number of hydrogen-bond acceptors (Lipinski definition) is 3. The lowest BCUT2D eigenvalue weighted by Crippen LogP contribution is -2.43. The van der Waals surface area contributed by atoms with E-state index in [1.807, 2.05) is 4.90 Å². The molecule has 1 aliphatic heterocycles. The maximum absolute atomic E-state index is 11.4. The van der Waals surface area contributed by atoms with Crippen molar-refractivity contribution in [2.45, 2.75) is 38.8 Å². The first-order valence-corrected chi connectivity index (χ1v) is 10.4. The van der Waals surface area contributed by atoms with Gasteiger partial charge in [-0.1, -0.05) is 48.5 Å². The molecule has 2 N–H and O–H groups in total. The van der Waals surface area contributed by atoms with Crippen molar-refractivity contribution < 1.29 is 4.79 Å². The highest BCUT2D eigenvalue weighted by atomic mass is 16.2. The van der Waals surface area contributed by atoms with E-state index in [2.05, 4.69) is 64.0 Å². The first kappa shape index (κ1) is 18.1. The summed E-state index contributed by atoms with van der Waals surface area (Å²) in [5.41, 5.74) is 8.61. The van der Waals surface area contributed by atoms with Crippen LogP contribution in [0.4, 0.5) is 0 Å². The minimum absolute atomic E-state index is 0.187. The van der Waals surface area contributed by atoms with Crippen LogP contribution in [0, 0.1) is 0 Å². The van der Waals surface area contributed by atoms with Crippen LogP contribution in [0.2, 0.25) is 0 Å². The summed E-state index contributed by atoms with van der Waals surface area (Å²) in [4.78, 5) is 13.4. The number of H-pyrrole nitrogens is 1. The van der Waals surface area contributed by atoms with Gasteiger partial charge in [0.25, 0.3) is 0 Å². The Kier molecular flexibility index (Phi) is 4.68. The highest BCUT2D eigenvalue weighted by Crippen LogP contribution is 2.39. The molecule has 1 fully saturated rings. The lowest BCUT2D eigenvalue weighted by Gasteiger charge is -2.31. The summed E-state index contributed by atoms with van der Waals surface area (Å²) < 4.78 is 0. The second-order valence-corrected chi connectivity index (χ2v) is 8.12. The summed E-state index contributed by atoms with van der Waals surface area (Å²) in [6.45, 7) is 4.23. The highest BCUT2D eigenvalue weighted by molar-refractivity contribution is 5.81. The number of carbonyl (C=O) groups excluding carboxylic acids is 1. The van der Waals surface area contributed by atoms with Crippen LogP contribution in [0.15, 0.2) is 48.5 Å². The SMILES string of the molecule is CC(=O)N1CCC(NCc2ccc(-c3n[nH]c4c3Cc3ccccc3-4)cc2)CC1. The molecule has 5 rings (SSSR count). The van der Waals surface area contributed by atoms with Crippen LogP contribution >= 0.6 is 0 Å². The van der Waals surface area contributed by atoms with E-state index in [0.717, 1.165) is 50.2 Å². The molecule has 29 heavy (non-hydrogen) atoms. The van der Waals surface area contributed by atoms with Crippen molar-refractivity contribution >= 4 is 5.91 Å². The summed E-state index contributed by atoms with van der Waals surface area (Å²) in [6.07, 6.45) is 2.99. The number of piperidine rings is 1. The fourth-order valence-electron chi connectivity index (χ4n) is 4.55. The van der Waals surface area contributed by atoms with Crippen molar-refractivity contribution in [1.29, 1.82) is 0 Å². The maximum Gasteiger partial charge on any atom is 0.219 e. The summed E-state index contributed by atoms with van der Waals surface area (Å²) in [5.74, 6) is 0.187. The fourth-order valence-corrected chi connectivity index (χ4v) is 4.55. The number of hydrogen-bond donors (Lipinski definition) is 2. The third-order valence-corrected chi connectivity index (χ3v) is 6.28. The molecule has 2 aliphatic rings. The third kappa shape index (κ3) is 3.47. The van der Waals surface area contributed by atoms with Gasteiger partial charge in [0.2, 0.25) is 5.91 Å². The van der Waals surface area contributed by atoms with Crippen LogP contribution in [-0.2, 0) is 17.8 Å². The van der Waals surface area contributed by atoms with Crippen LogP contribution < -0.4 is 5.32 Å². The molecule has 1 aliphatic carbocycles. The van der Waals surface area contributed by atoms with Crippen molar-refractivity contribution in [2.24, 2.45) is 0 Å². The van der Waals surface area contributed by atoms with E-state index in [9.17, 15) is 4.79 Å². The minimum atomic E-state index is 0.187. The molecule has 2 heterocycles. The zero-order valence-corrected chi connectivity index (χ0v) is 16.7. The fraction of sp³-hybridized carbons (Fsp3) is 0.333. The number of aromatic amines is 1. The highest BCUT2D eigenvalue weighted by Gasteiger charge is 2.24. The number of nitrogens with zero attached hydrogens (tertiary/aromatic N) is 2. The minimum Gasteiger partial charge on any atom is -0.343 e. The van der Waals surface area contributed by atoms with Gasteiger partial charge in [0, 0.05) is 55.7 Å². The van der Waals surface area contributed by atoms with Crippen molar-refractivity contribution in [3.8, 4) is 22.5 Å². The molecule has 0 unspecified atom stereocenters. The van der Waals surface area contributed by atoms with Gasteiger partial charge in [-0.2, -0.15) is 5.10 Å². The van der Waals surface area contributed by atoms with E-state index in [4.69, 9.17) is 0 Å². The predicted octanol–water partition coefficient (Wildman–Crippen LogP) is 3.75. The molecule has 5 nitrogen and oxygen atoms in total. The zero-order valence-electron chi connectivity index (χ0n) is 16.7. The molecule has 3 aromatic rings. The second kappa shape index (κ2) is 7.48. The summed E-state index contributed by atoms with van der Waals surface area (Å²) >= 11 is 0. The molecule has 5 heteroatoms. The molecular weight excluding hydrogens is 360 g/mol. The summed E-state index contributed by atoms with van der Waals surface area (Å²) in [5, 5.41) is 11.5. The van der Waals surface area contributed by atoms with Crippen LogP contribution in [0.25, 0.3) is 22.5 Å². The van der Waals surface area contributed by atoms with Gasteiger partial charge in [0.05, 0.1) is 11.4 Å². The molecule has 0 radical (unpaired) electrons. The van der Waals surface area contributed by atoms with Gasteiger partial charge < -0.3 is 10.2 Å². The van der Waals surface area contributed by atoms with Gasteiger partial charge in [0.1, 0.15) is 0 Å². The number of rotatable bonds is 4. The smallest absolute Gasteiger partial charge is 0.219 e. The van der Waals surface area contributed by atoms with Gasteiger partial charge in [-0.15, -0.1) is 0 Å². The number of aromatic nitrogens is 2. The summed E-state index contributed by atoms with van der Waals surface area (Å²) in [6, 6.07) is 17.8. The number of benzene rings is 2. The van der Waals surface area contributed by atoms with E-state index in [0.29, 0.717) is 6.04 Å². The average molecular weight is 386 g/mol. The van der Waals surface area contributed by atoms with Crippen molar-refractivity contribution in [1.82, 2.24) is 20.4 Å². The van der Waals surface area contributed by atoms with Gasteiger partial charge in [0.15, 0.2) is 0 Å². The predicted molar refractivity (Wildman–Crippen MR) is 114 cm³/mol. The Morgan fingerprint density at radius 1 is 1.14 bits per heavy atom. The van der Waals surface area contributed by atoms with Gasteiger partial charge >= 0.3 is 0 Å². The number of amides is 1. The molecule has 0 spiro atoms. The molecular formula is C24H26N4O. The molecule has 1 saturated heterocycles. The first-order chi connectivity index (χ1) is 14.2. The number of fused-ring (bicyclic) bond motifs is 3. The third-order valence-electron chi connectivity index (χ3n) is 6.28. The van der Waals surface area contributed by atoms with Crippen molar-refractivity contribution in [2.75, 3.05) is 13.1 Å². The Hall–Kier alpha value is -2.92. The molecule has 1 amide bonds. The van der Waals surface area contributed by atoms with E-state index in [1.54, 1.807) is 6.92 Å². The molecule has 1 aromatic heterocycles. The van der Waals surface area contributed by atoms with E-state index in [1.165, 1.54) is 27.9 Å². The molecule has 0 bridgehead atoms.